The van der Waals surface area contributed by atoms with E-state index in [2.05, 4.69) is 17.0 Å². The summed E-state index contributed by atoms with van der Waals surface area (Å²) in [6.07, 6.45) is 5.28. The maximum atomic E-state index is 5.91. The van der Waals surface area contributed by atoms with Gasteiger partial charge in [-0.25, -0.2) is 0 Å². The molecule has 0 heterocycles. The van der Waals surface area contributed by atoms with Crippen LogP contribution in [0.4, 0.5) is 5.69 Å². The Hall–Kier alpha value is -0.730. The lowest BCUT2D eigenvalue weighted by atomic mass is 10.1. The van der Waals surface area contributed by atoms with Crippen LogP contribution in [0.2, 0.25) is 5.02 Å². The zero-order chi connectivity index (χ0) is 11.4. The molecule has 16 heavy (non-hydrogen) atoms. The van der Waals surface area contributed by atoms with Crippen molar-refractivity contribution in [3.05, 3.63) is 29.3 Å². The SMILES string of the molecule is NCCN(c1ccc(Cl)cc1)C1CCCC1. The molecular weight excluding hydrogens is 220 g/mol. The van der Waals surface area contributed by atoms with Gasteiger partial charge in [0.05, 0.1) is 0 Å². The third kappa shape index (κ3) is 2.69. The summed E-state index contributed by atoms with van der Waals surface area (Å²) >= 11 is 5.91. The van der Waals surface area contributed by atoms with E-state index in [9.17, 15) is 0 Å². The van der Waals surface area contributed by atoms with E-state index in [0.717, 1.165) is 11.6 Å². The predicted octanol–water partition coefficient (Wildman–Crippen LogP) is 3.05. The molecule has 0 saturated heterocycles. The number of hydrogen-bond donors (Lipinski definition) is 1. The fourth-order valence-electron chi connectivity index (χ4n) is 2.51. The van der Waals surface area contributed by atoms with E-state index in [1.807, 2.05) is 12.1 Å². The van der Waals surface area contributed by atoms with E-state index in [4.69, 9.17) is 17.3 Å². The van der Waals surface area contributed by atoms with Crippen LogP contribution in [-0.4, -0.2) is 19.1 Å². The van der Waals surface area contributed by atoms with Gasteiger partial charge in [0.2, 0.25) is 0 Å². The molecule has 1 saturated carbocycles. The molecule has 0 atom stereocenters. The van der Waals surface area contributed by atoms with Crippen LogP contribution in [0.5, 0.6) is 0 Å². The minimum Gasteiger partial charge on any atom is -0.367 e. The van der Waals surface area contributed by atoms with Gasteiger partial charge < -0.3 is 10.6 Å². The summed E-state index contributed by atoms with van der Waals surface area (Å²) < 4.78 is 0. The highest BCUT2D eigenvalue weighted by Crippen LogP contribution is 2.28. The fourth-order valence-corrected chi connectivity index (χ4v) is 2.64. The second kappa shape index (κ2) is 5.55. The van der Waals surface area contributed by atoms with Crippen molar-refractivity contribution in [2.75, 3.05) is 18.0 Å². The first-order valence-electron chi connectivity index (χ1n) is 6.03. The first-order chi connectivity index (χ1) is 7.81. The second-order valence-electron chi connectivity index (χ2n) is 4.40. The lowest BCUT2D eigenvalue weighted by molar-refractivity contribution is 0.609. The normalized spacial score (nSPS) is 16.6. The van der Waals surface area contributed by atoms with Crippen molar-refractivity contribution < 1.29 is 0 Å². The van der Waals surface area contributed by atoms with Gasteiger partial charge in [0.1, 0.15) is 0 Å². The molecular formula is C13H19ClN2. The molecule has 1 fully saturated rings. The molecule has 0 spiro atoms. The second-order valence-corrected chi connectivity index (χ2v) is 4.83. The van der Waals surface area contributed by atoms with Gasteiger partial charge in [-0.1, -0.05) is 24.4 Å². The molecule has 2 rings (SSSR count). The summed E-state index contributed by atoms with van der Waals surface area (Å²) in [5, 5.41) is 0.794. The molecule has 0 amide bonds. The Balaban J connectivity index is 2.14. The van der Waals surface area contributed by atoms with Crippen molar-refractivity contribution >= 4 is 17.3 Å². The van der Waals surface area contributed by atoms with E-state index in [1.54, 1.807) is 0 Å². The summed E-state index contributed by atoms with van der Waals surface area (Å²) in [6, 6.07) is 8.77. The quantitative estimate of drug-likeness (QED) is 0.874. The number of nitrogens with two attached hydrogens (primary N) is 1. The van der Waals surface area contributed by atoms with Crippen LogP contribution < -0.4 is 10.6 Å². The smallest absolute Gasteiger partial charge is 0.0407 e. The van der Waals surface area contributed by atoms with E-state index in [0.29, 0.717) is 12.6 Å². The monoisotopic (exact) mass is 238 g/mol. The van der Waals surface area contributed by atoms with Crippen molar-refractivity contribution in [3.8, 4) is 0 Å². The van der Waals surface area contributed by atoms with Gasteiger partial charge in [0.25, 0.3) is 0 Å². The van der Waals surface area contributed by atoms with Crippen LogP contribution in [0.15, 0.2) is 24.3 Å². The molecule has 2 N–H and O–H groups in total. The van der Waals surface area contributed by atoms with Crippen LogP contribution in [0, 0.1) is 0 Å². The van der Waals surface area contributed by atoms with Gasteiger partial charge in [-0.3, -0.25) is 0 Å². The zero-order valence-corrected chi connectivity index (χ0v) is 10.3. The molecule has 1 aromatic carbocycles. The van der Waals surface area contributed by atoms with Crippen molar-refractivity contribution in [1.82, 2.24) is 0 Å². The van der Waals surface area contributed by atoms with E-state index in [1.165, 1.54) is 31.4 Å². The van der Waals surface area contributed by atoms with Crippen molar-refractivity contribution in [1.29, 1.82) is 0 Å². The number of rotatable bonds is 4. The minimum absolute atomic E-state index is 0.671. The zero-order valence-electron chi connectivity index (χ0n) is 9.53. The third-order valence-corrected chi connectivity index (χ3v) is 3.55. The summed E-state index contributed by atoms with van der Waals surface area (Å²) in [5.74, 6) is 0. The first kappa shape index (κ1) is 11.7. The maximum absolute atomic E-state index is 5.91. The number of benzene rings is 1. The number of anilines is 1. The number of halogens is 1. The van der Waals surface area contributed by atoms with E-state index in [-0.39, 0.29) is 0 Å². The van der Waals surface area contributed by atoms with Crippen LogP contribution >= 0.6 is 11.6 Å². The molecule has 2 nitrogen and oxygen atoms in total. The standard InChI is InChI=1S/C13H19ClN2/c14-11-5-7-13(8-6-11)16(10-9-15)12-3-1-2-4-12/h5-8,12H,1-4,9-10,15H2. The van der Waals surface area contributed by atoms with Gasteiger partial charge in [-0.2, -0.15) is 0 Å². The summed E-state index contributed by atoms with van der Waals surface area (Å²) in [7, 11) is 0. The predicted molar refractivity (Wildman–Crippen MR) is 70.1 cm³/mol. The fraction of sp³-hybridized carbons (Fsp3) is 0.538. The molecule has 3 heteroatoms. The van der Waals surface area contributed by atoms with E-state index >= 15 is 0 Å². The van der Waals surface area contributed by atoms with Gasteiger partial charge in [-0.15, -0.1) is 0 Å². The van der Waals surface area contributed by atoms with Crippen LogP contribution in [0.1, 0.15) is 25.7 Å². The highest BCUT2D eigenvalue weighted by molar-refractivity contribution is 6.30. The molecule has 1 aliphatic rings. The average molecular weight is 239 g/mol. The van der Waals surface area contributed by atoms with Gasteiger partial charge >= 0.3 is 0 Å². The summed E-state index contributed by atoms with van der Waals surface area (Å²) in [4.78, 5) is 2.43. The largest absolute Gasteiger partial charge is 0.367 e. The maximum Gasteiger partial charge on any atom is 0.0407 e. The topological polar surface area (TPSA) is 29.3 Å². The molecule has 0 aliphatic heterocycles. The Morgan fingerprint density at radius 2 is 1.81 bits per heavy atom. The Labute approximate surface area is 102 Å². The first-order valence-corrected chi connectivity index (χ1v) is 6.41. The van der Waals surface area contributed by atoms with Crippen LogP contribution in [-0.2, 0) is 0 Å². The van der Waals surface area contributed by atoms with Crippen molar-refractivity contribution in [2.45, 2.75) is 31.7 Å². The minimum atomic E-state index is 0.671. The molecule has 88 valence electrons. The molecule has 1 aliphatic carbocycles. The summed E-state index contributed by atoms with van der Waals surface area (Å²) in [6.45, 7) is 1.64. The van der Waals surface area contributed by atoms with Gasteiger partial charge in [0, 0.05) is 29.8 Å². The molecule has 0 aromatic heterocycles. The lowest BCUT2D eigenvalue weighted by Gasteiger charge is -2.30. The Bertz CT molecular complexity index is 317. The average Bonchev–Trinajstić information content (AvgIpc) is 2.81. The van der Waals surface area contributed by atoms with E-state index < -0.39 is 0 Å². The third-order valence-electron chi connectivity index (χ3n) is 3.29. The molecule has 0 unspecified atom stereocenters. The highest BCUT2D eigenvalue weighted by Gasteiger charge is 2.22. The van der Waals surface area contributed by atoms with Crippen molar-refractivity contribution in [2.24, 2.45) is 5.73 Å². The Kier molecular flexibility index (Phi) is 4.08. The number of hydrogen-bond acceptors (Lipinski definition) is 2. The van der Waals surface area contributed by atoms with Crippen LogP contribution in [0.25, 0.3) is 0 Å². The molecule has 0 radical (unpaired) electrons. The van der Waals surface area contributed by atoms with Crippen LogP contribution in [0.3, 0.4) is 0 Å². The van der Waals surface area contributed by atoms with Gasteiger partial charge in [-0.05, 0) is 37.1 Å². The number of nitrogens with zero attached hydrogens (tertiary/aromatic N) is 1. The Morgan fingerprint density at radius 1 is 1.19 bits per heavy atom. The van der Waals surface area contributed by atoms with Gasteiger partial charge in [0.15, 0.2) is 0 Å². The highest BCUT2D eigenvalue weighted by atomic mass is 35.5. The van der Waals surface area contributed by atoms with Crippen molar-refractivity contribution in [3.63, 3.8) is 0 Å². The molecule has 1 aromatic rings. The molecule has 0 bridgehead atoms. The lowest BCUT2D eigenvalue weighted by Crippen LogP contribution is -2.37. The summed E-state index contributed by atoms with van der Waals surface area (Å²) in [5.41, 5.74) is 6.95. The Morgan fingerprint density at radius 3 is 2.38 bits per heavy atom.